The first-order valence-electron chi connectivity index (χ1n) is 6.93. The molecule has 0 radical (unpaired) electrons. The summed E-state index contributed by atoms with van der Waals surface area (Å²) in [4.78, 5) is 6.49. The van der Waals surface area contributed by atoms with E-state index in [0.717, 1.165) is 32.4 Å². The van der Waals surface area contributed by atoms with Crippen LogP contribution >= 0.6 is 0 Å². The number of guanidine groups is 1. The Labute approximate surface area is 110 Å². The van der Waals surface area contributed by atoms with Gasteiger partial charge in [-0.15, -0.1) is 0 Å². The van der Waals surface area contributed by atoms with Crippen molar-refractivity contribution in [2.45, 2.75) is 40.0 Å². The minimum atomic E-state index is 0.670. The highest BCUT2D eigenvalue weighted by molar-refractivity contribution is 5.98. The van der Waals surface area contributed by atoms with Gasteiger partial charge in [0.1, 0.15) is 0 Å². The van der Waals surface area contributed by atoms with Crippen LogP contribution in [0.3, 0.4) is 0 Å². The van der Waals surface area contributed by atoms with Gasteiger partial charge in [0.2, 0.25) is 0 Å². The third-order valence-corrected chi connectivity index (χ3v) is 3.64. The summed E-state index contributed by atoms with van der Waals surface area (Å²) in [6.07, 6.45) is 3.17. The zero-order valence-electron chi connectivity index (χ0n) is 11.7. The van der Waals surface area contributed by atoms with E-state index in [9.17, 15) is 0 Å². The minimum Gasteiger partial charge on any atom is -0.370 e. The molecule has 0 spiro atoms. The number of hydrogen-bond donors (Lipinski definition) is 1. The Morgan fingerprint density at radius 3 is 2.11 bits per heavy atom. The van der Waals surface area contributed by atoms with Crippen LogP contribution in [-0.2, 0) is 19.3 Å². The number of nitrogens with two attached hydrogens (primary N) is 1. The number of benzene rings is 1. The average molecular weight is 245 g/mol. The minimum absolute atomic E-state index is 0.670. The number of hydrogen-bond acceptors (Lipinski definition) is 3. The van der Waals surface area contributed by atoms with Crippen LogP contribution < -0.4 is 10.6 Å². The summed E-state index contributed by atoms with van der Waals surface area (Å²) in [6.45, 7) is 8.35. The fourth-order valence-corrected chi connectivity index (χ4v) is 2.61. The number of aryl methyl sites for hydroxylation is 3. The molecule has 2 N–H and O–H groups in total. The number of aliphatic imine (C=N–C) groups is 1. The van der Waals surface area contributed by atoms with Crippen molar-refractivity contribution < 1.29 is 0 Å². The van der Waals surface area contributed by atoms with Crippen molar-refractivity contribution in [2.24, 2.45) is 10.7 Å². The average Bonchev–Trinajstić information content (AvgIpc) is 2.82. The second-order valence-electron chi connectivity index (χ2n) is 4.71. The highest BCUT2D eigenvalue weighted by Gasteiger charge is 2.21. The summed E-state index contributed by atoms with van der Waals surface area (Å²) >= 11 is 0. The Hall–Kier alpha value is -1.51. The van der Waals surface area contributed by atoms with Crippen molar-refractivity contribution in [1.29, 1.82) is 0 Å². The molecule has 2 rings (SSSR count). The zero-order chi connectivity index (χ0) is 13.1. The third-order valence-electron chi connectivity index (χ3n) is 3.64. The van der Waals surface area contributed by atoms with E-state index >= 15 is 0 Å². The standard InChI is InChI=1S/C15H23N3/c1-4-11-9-12(5-2)14(13(6-3)10-11)18-8-7-17-15(18)16/h9-10H,4-8H2,1-3H3,(H2,16,17). The largest absolute Gasteiger partial charge is 0.370 e. The molecule has 3 nitrogen and oxygen atoms in total. The maximum Gasteiger partial charge on any atom is 0.195 e. The molecule has 1 heterocycles. The normalized spacial score (nSPS) is 15.1. The molecule has 18 heavy (non-hydrogen) atoms. The van der Waals surface area contributed by atoms with Crippen LogP contribution in [0.25, 0.3) is 0 Å². The topological polar surface area (TPSA) is 41.6 Å². The monoisotopic (exact) mass is 245 g/mol. The quantitative estimate of drug-likeness (QED) is 0.885. The Kier molecular flexibility index (Phi) is 3.90. The molecule has 0 bridgehead atoms. The van der Waals surface area contributed by atoms with Gasteiger partial charge in [0.05, 0.1) is 12.2 Å². The van der Waals surface area contributed by atoms with Crippen LogP contribution in [0.5, 0.6) is 0 Å². The van der Waals surface area contributed by atoms with E-state index in [2.05, 4.69) is 42.8 Å². The summed E-state index contributed by atoms with van der Waals surface area (Å²) in [6, 6.07) is 4.64. The van der Waals surface area contributed by atoms with Gasteiger partial charge < -0.3 is 10.6 Å². The summed E-state index contributed by atoms with van der Waals surface area (Å²) in [7, 11) is 0. The molecule has 0 saturated carbocycles. The Morgan fingerprint density at radius 2 is 1.72 bits per heavy atom. The first-order valence-corrected chi connectivity index (χ1v) is 6.93. The van der Waals surface area contributed by atoms with Crippen LogP contribution in [0, 0.1) is 0 Å². The maximum atomic E-state index is 6.00. The lowest BCUT2D eigenvalue weighted by molar-refractivity contribution is 0.970. The number of rotatable bonds is 4. The van der Waals surface area contributed by atoms with E-state index in [4.69, 9.17) is 5.73 Å². The molecule has 3 heteroatoms. The van der Waals surface area contributed by atoms with Crippen molar-refractivity contribution in [3.8, 4) is 0 Å². The van der Waals surface area contributed by atoms with Crippen LogP contribution in [0.1, 0.15) is 37.5 Å². The molecule has 1 aromatic rings. The lowest BCUT2D eigenvalue weighted by atomic mass is 9.97. The fraction of sp³-hybridized carbons (Fsp3) is 0.533. The second kappa shape index (κ2) is 5.42. The molecule has 0 aliphatic carbocycles. The first-order chi connectivity index (χ1) is 8.71. The molecule has 1 aromatic carbocycles. The molecule has 0 fully saturated rings. The smallest absolute Gasteiger partial charge is 0.195 e. The predicted molar refractivity (Wildman–Crippen MR) is 78.4 cm³/mol. The fourth-order valence-electron chi connectivity index (χ4n) is 2.61. The van der Waals surface area contributed by atoms with Gasteiger partial charge in [-0.25, -0.2) is 0 Å². The molecule has 0 amide bonds. The molecular weight excluding hydrogens is 222 g/mol. The van der Waals surface area contributed by atoms with Crippen molar-refractivity contribution in [3.05, 3.63) is 28.8 Å². The molecule has 0 atom stereocenters. The van der Waals surface area contributed by atoms with Crippen LogP contribution in [0.15, 0.2) is 17.1 Å². The van der Waals surface area contributed by atoms with Crippen LogP contribution in [-0.4, -0.2) is 19.0 Å². The van der Waals surface area contributed by atoms with Gasteiger partial charge in [0.25, 0.3) is 0 Å². The summed E-state index contributed by atoms with van der Waals surface area (Å²) in [5.41, 5.74) is 11.5. The van der Waals surface area contributed by atoms with Crippen LogP contribution in [0.4, 0.5) is 5.69 Å². The molecule has 1 aliphatic rings. The zero-order valence-corrected chi connectivity index (χ0v) is 11.7. The van der Waals surface area contributed by atoms with Gasteiger partial charge in [0.15, 0.2) is 5.96 Å². The van der Waals surface area contributed by atoms with Gasteiger partial charge in [-0.05, 0) is 36.0 Å². The number of nitrogens with zero attached hydrogens (tertiary/aromatic N) is 2. The molecule has 98 valence electrons. The van der Waals surface area contributed by atoms with Crippen LogP contribution in [0.2, 0.25) is 0 Å². The highest BCUT2D eigenvalue weighted by Crippen LogP contribution is 2.30. The predicted octanol–water partition coefficient (Wildman–Crippen LogP) is 2.51. The van der Waals surface area contributed by atoms with Gasteiger partial charge >= 0.3 is 0 Å². The van der Waals surface area contributed by atoms with Gasteiger partial charge in [-0.3, -0.25) is 4.99 Å². The summed E-state index contributed by atoms with van der Waals surface area (Å²) in [5.74, 6) is 0.670. The van der Waals surface area contributed by atoms with E-state index in [1.807, 2.05) is 0 Å². The molecule has 0 unspecified atom stereocenters. The lowest BCUT2D eigenvalue weighted by Crippen LogP contribution is -2.35. The van der Waals surface area contributed by atoms with E-state index < -0.39 is 0 Å². The second-order valence-corrected chi connectivity index (χ2v) is 4.71. The van der Waals surface area contributed by atoms with Crippen molar-refractivity contribution in [3.63, 3.8) is 0 Å². The van der Waals surface area contributed by atoms with Crippen molar-refractivity contribution in [1.82, 2.24) is 0 Å². The van der Waals surface area contributed by atoms with Gasteiger partial charge in [0, 0.05) is 6.54 Å². The highest BCUT2D eigenvalue weighted by atomic mass is 15.3. The van der Waals surface area contributed by atoms with Crippen molar-refractivity contribution >= 4 is 11.6 Å². The maximum absolute atomic E-state index is 6.00. The van der Waals surface area contributed by atoms with Gasteiger partial charge in [-0.2, -0.15) is 0 Å². The Morgan fingerprint density at radius 1 is 1.11 bits per heavy atom. The molecule has 0 saturated heterocycles. The molecular formula is C15H23N3. The molecule has 1 aliphatic heterocycles. The third kappa shape index (κ3) is 2.22. The SMILES string of the molecule is CCc1cc(CC)c(N2CCN=C2N)c(CC)c1. The van der Waals surface area contributed by atoms with E-state index in [1.54, 1.807) is 0 Å². The van der Waals surface area contributed by atoms with Gasteiger partial charge in [-0.1, -0.05) is 32.9 Å². The Bertz CT molecular complexity index is 438. The molecule has 0 aromatic heterocycles. The number of anilines is 1. The van der Waals surface area contributed by atoms with E-state index in [0.29, 0.717) is 5.96 Å². The Balaban J connectivity index is 2.53. The lowest BCUT2D eigenvalue weighted by Gasteiger charge is -2.25. The van der Waals surface area contributed by atoms with Crippen molar-refractivity contribution in [2.75, 3.05) is 18.0 Å². The summed E-state index contributed by atoms with van der Waals surface area (Å²) < 4.78 is 0. The van der Waals surface area contributed by atoms with E-state index in [1.165, 1.54) is 22.4 Å². The van der Waals surface area contributed by atoms with E-state index in [-0.39, 0.29) is 0 Å². The summed E-state index contributed by atoms with van der Waals surface area (Å²) in [5, 5.41) is 0. The first kappa shape index (κ1) is 12.9.